The summed E-state index contributed by atoms with van der Waals surface area (Å²) >= 11 is 1.27. The maximum absolute atomic E-state index is 11.9. The quantitative estimate of drug-likeness (QED) is 0.852. The number of aromatic carboxylic acids is 1. The fourth-order valence-electron chi connectivity index (χ4n) is 1.72. The van der Waals surface area contributed by atoms with E-state index < -0.39 is 5.97 Å². The van der Waals surface area contributed by atoms with Crippen LogP contribution in [0.1, 0.15) is 31.7 Å². The first-order valence-corrected chi connectivity index (χ1v) is 6.82. The number of carboxylic acids is 1. The van der Waals surface area contributed by atoms with Crippen molar-refractivity contribution in [3.8, 4) is 0 Å². The summed E-state index contributed by atoms with van der Waals surface area (Å²) in [6, 6.07) is 1.71. The van der Waals surface area contributed by atoms with Crippen molar-refractivity contribution in [3.05, 3.63) is 33.5 Å². The molecule has 0 unspecified atom stereocenters. The number of carbonyl (C=O) groups excluding carboxylic acids is 1. The minimum absolute atomic E-state index is 0.0404. The van der Waals surface area contributed by atoms with Crippen molar-refractivity contribution in [1.82, 2.24) is 20.1 Å². The molecule has 0 bridgehead atoms. The molecule has 20 heavy (non-hydrogen) atoms. The van der Waals surface area contributed by atoms with Crippen LogP contribution in [-0.2, 0) is 13.5 Å². The van der Waals surface area contributed by atoms with Gasteiger partial charge in [-0.25, -0.2) is 9.78 Å². The first kappa shape index (κ1) is 14.2. The molecule has 7 nitrogen and oxygen atoms in total. The van der Waals surface area contributed by atoms with Gasteiger partial charge in [0.15, 0.2) is 5.69 Å². The molecule has 0 aromatic carbocycles. The zero-order chi connectivity index (χ0) is 14.7. The summed E-state index contributed by atoms with van der Waals surface area (Å²) < 4.78 is 1.52. The number of hydrogen-bond donors (Lipinski definition) is 2. The molecule has 0 spiro atoms. The number of nitrogens with one attached hydrogen (secondary N) is 1. The Balaban J connectivity index is 1.87. The molecule has 106 valence electrons. The van der Waals surface area contributed by atoms with Crippen molar-refractivity contribution in [2.75, 3.05) is 6.54 Å². The van der Waals surface area contributed by atoms with Crippen molar-refractivity contribution in [2.45, 2.75) is 13.3 Å². The lowest BCUT2D eigenvalue weighted by molar-refractivity contribution is 0.0690. The van der Waals surface area contributed by atoms with Crippen LogP contribution in [0.25, 0.3) is 0 Å². The molecule has 0 saturated carbocycles. The summed E-state index contributed by atoms with van der Waals surface area (Å²) in [6.07, 6.45) is 0.501. The Bertz CT molecular complexity index is 647. The van der Waals surface area contributed by atoms with Gasteiger partial charge in [0.2, 0.25) is 0 Å². The molecule has 2 rings (SSSR count). The standard InChI is InChI=1S/C12H14N4O3S/c1-7-5-9(16(2)15-7)11(17)13-4-3-10-14-8(6-20-10)12(18)19/h5-6H,3-4H2,1-2H3,(H,13,17)(H,18,19). The Labute approximate surface area is 119 Å². The fourth-order valence-corrected chi connectivity index (χ4v) is 2.49. The highest BCUT2D eigenvalue weighted by molar-refractivity contribution is 7.09. The number of aromatic nitrogens is 3. The van der Waals surface area contributed by atoms with Crippen LogP contribution in [0.2, 0.25) is 0 Å². The maximum Gasteiger partial charge on any atom is 0.355 e. The van der Waals surface area contributed by atoms with E-state index in [9.17, 15) is 9.59 Å². The van der Waals surface area contributed by atoms with Crippen molar-refractivity contribution in [3.63, 3.8) is 0 Å². The molecule has 0 aliphatic heterocycles. The predicted molar refractivity (Wildman–Crippen MR) is 73.1 cm³/mol. The first-order valence-electron chi connectivity index (χ1n) is 5.94. The van der Waals surface area contributed by atoms with E-state index in [4.69, 9.17) is 5.11 Å². The lowest BCUT2D eigenvalue weighted by Crippen LogP contribution is -2.27. The van der Waals surface area contributed by atoms with Crippen LogP contribution in [0, 0.1) is 6.92 Å². The number of carboxylic acid groups (broad SMARTS) is 1. The van der Waals surface area contributed by atoms with Crippen molar-refractivity contribution in [1.29, 1.82) is 0 Å². The van der Waals surface area contributed by atoms with Gasteiger partial charge in [-0.1, -0.05) is 0 Å². The van der Waals surface area contributed by atoms with Gasteiger partial charge < -0.3 is 10.4 Å². The zero-order valence-corrected chi connectivity index (χ0v) is 11.9. The van der Waals surface area contributed by atoms with Crippen LogP contribution in [0.15, 0.2) is 11.4 Å². The molecule has 0 fully saturated rings. The Morgan fingerprint density at radius 2 is 2.25 bits per heavy atom. The van der Waals surface area contributed by atoms with E-state index in [0.717, 1.165) is 5.69 Å². The van der Waals surface area contributed by atoms with E-state index >= 15 is 0 Å². The van der Waals surface area contributed by atoms with E-state index in [0.29, 0.717) is 23.7 Å². The minimum Gasteiger partial charge on any atom is -0.476 e. The predicted octanol–water partition coefficient (Wildman–Crippen LogP) is 0.856. The Morgan fingerprint density at radius 1 is 1.50 bits per heavy atom. The third-order valence-corrected chi connectivity index (χ3v) is 3.54. The third-order valence-electron chi connectivity index (χ3n) is 2.63. The average molecular weight is 294 g/mol. The monoisotopic (exact) mass is 294 g/mol. The van der Waals surface area contributed by atoms with Gasteiger partial charge in [-0.2, -0.15) is 5.10 Å². The molecular weight excluding hydrogens is 280 g/mol. The Hall–Kier alpha value is -2.22. The summed E-state index contributed by atoms with van der Waals surface area (Å²) in [5, 5.41) is 17.8. The highest BCUT2D eigenvalue weighted by Gasteiger charge is 2.12. The van der Waals surface area contributed by atoms with E-state index in [2.05, 4.69) is 15.4 Å². The van der Waals surface area contributed by atoms with Gasteiger partial charge in [0.05, 0.1) is 10.7 Å². The lowest BCUT2D eigenvalue weighted by Gasteiger charge is -2.03. The van der Waals surface area contributed by atoms with Crippen LogP contribution < -0.4 is 5.32 Å². The minimum atomic E-state index is -1.04. The van der Waals surface area contributed by atoms with Crippen LogP contribution >= 0.6 is 11.3 Å². The molecule has 2 aromatic rings. The number of hydrogen-bond acceptors (Lipinski definition) is 5. The van der Waals surface area contributed by atoms with Crippen molar-refractivity contribution >= 4 is 23.2 Å². The SMILES string of the molecule is Cc1cc(C(=O)NCCc2nc(C(=O)O)cs2)n(C)n1. The van der Waals surface area contributed by atoms with Crippen molar-refractivity contribution < 1.29 is 14.7 Å². The van der Waals surface area contributed by atoms with Crippen LogP contribution in [0.5, 0.6) is 0 Å². The first-order chi connectivity index (χ1) is 9.47. The average Bonchev–Trinajstić information content (AvgIpc) is 2.96. The maximum atomic E-state index is 11.9. The largest absolute Gasteiger partial charge is 0.476 e. The molecule has 0 saturated heterocycles. The van der Waals surface area contributed by atoms with Gasteiger partial charge in [-0.15, -0.1) is 11.3 Å². The molecule has 0 aliphatic carbocycles. The van der Waals surface area contributed by atoms with Crippen molar-refractivity contribution in [2.24, 2.45) is 7.05 Å². The van der Waals surface area contributed by atoms with Gasteiger partial charge in [-0.3, -0.25) is 9.48 Å². The van der Waals surface area contributed by atoms with Gasteiger partial charge in [0.25, 0.3) is 5.91 Å². The fraction of sp³-hybridized carbons (Fsp3) is 0.333. The van der Waals surface area contributed by atoms with E-state index in [1.54, 1.807) is 13.1 Å². The molecule has 0 atom stereocenters. The second-order valence-corrected chi connectivity index (χ2v) is 5.17. The summed E-state index contributed by atoms with van der Waals surface area (Å²) in [5.41, 5.74) is 1.31. The molecule has 0 aliphatic rings. The second-order valence-electron chi connectivity index (χ2n) is 4.23. The topological polar surface area (TPSA) is 97.1 Å². The van der Waals surface area contributed by atoms with E-state index in [-0.39, 0.29) is 11.6 Å². The zero-order valence-electron chi connectivity index (χ0n) is 11.1. The summed E-state index contributed by atoms with van der Waals surface area (Å²) in [7, 11) is 1.71. The summed E-state index contributed by atoms with van der Waals surface area (Å²) in [4.78, 5) is 26.5. The molecule has 1 amide bonds. The van der Waals surface area contributed by atoms with Crippen LogP contribution in [-0.4, -0.2) is 38.3 Å². The normalized spacial score (nSPS) is 10.5. The lowest BCUT2D eigenvalue weighted by atomic mass is 10.3. The number of rotatable bonds is 5. The Kier molecular flexibility index (Phi) is 4.14. The molecule has 8 heteroatoms. The molecule has 2 N–H and O–H groups in total. The number of thiazole rings is 1. The molecular formula is C12H14N4O3S. The molecule has 2 heterocycles. The molecule has 2 aromatic heterocycles. The summed E-state index contributed by atoms with van der Waals surface area (Å²) in [5.74, 6) is -1.25. The highest BCUT2D eigenvalue weighted by atomic mass is 32.1. The summed E-state index contributed by atoms with van der Waals surface area (Å²) in [6.45, 7) is 2.22. The number of nitrogens with zero attached hydrogens (tertiary/aromatic N) is 3. The van der Waals surface area contributed by atoms with Crippen LogP contribution in [0.3, 0.4) is 0 Å². The van der Waals surface area contributed by atoms with E-state index in [1.165, 1.54) is 21.4 Å². The van der Waals surface area contributed by atoms with Gasteiger partial charge in [0, 0.05) is 25.4 Å². The van der Waals surface area contributed by atoms with Gasteiger partial charge in [0.1, 0.15) is 5.69 Å². The number of aryl methyl sites for hydroxylation is 2. The Morgan fingerprint density at radius 3 is 2.80 bits per heavy atom. The van der Waals surface area contributed by atoms with Gasteiger partial charge >= 0.3 is 5.97 Å². The van der Waals surface area contributed by atoms with Crippen LogP contribution in [0.4, 0.5) is 0 Å². The smallest absolute Gasteiger partial charge is 0.355 e. The third kappa shape index (κ3) is 3.21. The van der Waals surface area contributed by atoms with Gasteiger partial charge in [-0.05, 0) is 13.0 Å². The molecule has 0 radical (unpaired) electrons. The number of amides is 1. The van der Waals surface area contributed by atoms with E-state index in [1.807, 2.05) is 6.92 Å². The highest BCUT2D eigenvalue weighted by Crippen LogP contribution is 2.10. The number of carbonyl (C=O) groups is 2. The second kappa shape index (κ2) is 5.83.